The lowest BCUT2D eigenvalue weighted by molar-refractivity contribution is 0.0784. The molecular formula is C17H20N2O2. The molecule has 0 atom stereocenters. The van der Waals surface area contributed by atoms with Gasteiger partial charge in [0.2, 0.25) is 0 Å². The Hall–Kier alpha value is -2.33. The summed E-state index contributed by atoms with van der Waals surface area (Å²) < 4.78 is 5.31. The second-order valence-corrected chi connectivity index (χ2v) is 4.87. The lowest BCUT2D eigenvalue weighted by Gasteiger charge is -2.19. The molecule has 1 amide bonds. The molecule has 4 nitrogen and oxygen atoms in total. The molecule has 0 bridgehead atoms. The fraction of sp³-hybridized carbons (Fsp3) is 0.235. The lowest BCUT2D eigenvalue weighted by Crippen LogP contribution is -2.26. The van der Waals surface area contributed by atoms with Crippen LogP contribution in [0.15, 0.2) is 48.5 Å². The van der Waals surface area contributed by atoms with Crippen LogP contribution in [0.5, 0.6) is 5.75 Å². The van der Waals surface area contributed by atoms with Gasteiger partial charge in [0.1, 0.15) is 5.75 Å². The molecule has 0 heterocycles. The minimum absolute atomic E-state index is 0.0236. The van der Waals surface area contributed by atoms with Gasteiger partial charge in [0.25, 0.3) is 5.91 Å². The van der Waals surface area contributed by atoms with Crippen molar-refractivity contribution in [3.05, 3.63) is 65.2 Å². The van der Waals surface area contributed by atoms with Crippen LogP contribution in [-0.4, -0.2) is 25.0 Å². The van der Waals surface area contributed by atoms with Gasteiger partial charge in [-0.05, 0) is 23.8 Å². The predicted octanol–water partition coefficient (Wildman–Crippen LogP) is 2.43. The number of methoxy groups -OCH3 is 1. The van der Waals surface area contributed by atoms with Crippen LogP contribution < -0.4 is 10.5 Å². The first-order valence-electron chi connectivity index (χ1n) is 6.82. The molecule has 0 aliphatic carbocycles. The zero-order valence-electron chi connectivity index (χ0n) is 12.4. The molecule has 110 valence electrons. The third-order valence-electron chi connectivity index (χ3n) is 3.38. The molecule has 2 N–H and O–H groups in total. The Balaban J connectivity index is 2.11. The van der Waals surface area contributed by atoms with Crippen molar-refractivity contribution in [1.82, 2.24) is 4.90 Å². The molecule has 0 aliphatic heterocycles. The SMILES string of the molecule is COc1ccccc1CN(C)C(=O)c1ccc(CN)cc1. The van der Waals surface area contributed by atoms with E-state index < -0.39 is 0 Å². The summed E-state index contributed by atoms with van der Waals surface area (Å²) in [4.78, 5) is 14.1. The number of carbonyl (C=O) groups is 1. The van der Waals surface area contributed by atoms with E-state index in [0.29, 0.717) is 18.7 Å². The van der Waals surface area contributed by atoms with Crippen molar-refractivity contribution in [3.63, 3.8) is 0 Å². The molecule has 0 fully saturated rings. The van der Waals surface area contributed by atoms with Crippen molar-refractivity contribution in [2.24, 2.45) is 5.73 Å². The Morgan fingerprint density at radius 2 is 1.81 bits per heavy atom. The Labute approximate surface area is 125 Å². The van der Waals surface area contributed by atoms with Crippen LogP contribution in [-0.2, 0) is 13.1 Å². The van der Waals surface area contributed by atoms with Crippen LogP contribution in [0.2, 0.25) is 0 Å². The molecule has 2 aromatic rings. The van der Waals surface area contributed by atoms with Crippen molar-refractivity contribution in [2.45, 2.75) is 13.1 Å². The van der Waals surface area contributed by atoms with Gasteiger partial charge in [-0.2, -0.15) is 0 Å². The summed E-state index contributed by atoms with van der Waals surface area (Å²) in [6.07, 6.45) is 0. The highest BCUT2D eigenvalue weighted by atomic mass is 16.5. The van der Waals surface area contributed by atoms with E-state index >= 15 is 0 Å². The maximum absolute atomic E-state index is 12.4. The molecule has 0 spiro atoms. The first kappa shape index (κ1) is 15.1. The number of amides is 1. The van der Waals surface area contributed by atoms with Crippen molar-refractivity contribution in [2.75, 3.05) is 14.2 Å². The van der Waals surface area contributed by atoms with Gasteiger partial charge in [0, 0.05) is 31.3 Å². The van der Waals surface area contributed by atoms with Crippen LogP contribution in [0.25, 0.3) is 0 Å². The number of rotatable bonds is 5. The van der Waals surface area contributed by atoms with Crippen LogP contribution in [0.3, 0.4) is 0 Å². The minimum atomic E-state index is -0.0236. The summed E-state index contributed by atoms with van der Waals surface area (Å²) in [5.74, 6) is 0.764. The Bertz CT molecular complexity index is 608. The smallest absolute Gasteiger partial charge is 0.253 e. The summed E-state index contributed by atoms with van der Waals surface area (Å²) in [6, 6.07) is 15.1. The predicted molar refractivity (Wildman–Crippen MR) is 83.1 cm³/mol. The van der Waals surface area contributed by atoms with E-state index in [-0.39, 0.29) is 5.91 Å². The monoisotopic (exact) mass is 284 g/mol. The van der Waals surface area contributed by atoms with E-state index in [1.807, 2.05) is 48.5 Å². The minimum Gasteiger partial charge on any atom is -0.496 e. The second kappa shape index (κ2) is 6.90. The van der Waals surface area contributed by atoms with E-state index in [1.54, 1.807) is 19.1 Å². The average Bonchev–Trinajstić information content (AvgIpc) is 2.54. The van der Waals surface area contributed by atoms with Gasteiger partial charge in [0.15, 0.2) is 0 Å². The standard InChI is InChI=1S/C17H20N2O2/c1-19(12-15-5-3-4-6-16(15)21-2)17(20)14-9-7-13(11-18)8-10-14/h3-10H,11-12,18H2,1-2H3. The summed E-state index contributed by atoms with van der Waals surface area (Å²) in [6.45, 7) is 0.979. The van der Waals surface area contributed by atoms with Crippen LogP contribution in [0.1, 0.15) is 21.5 Å². The van der Waals surface area contributed by atoms with Crippen LogP contribution in [0, 0.1) is 0 Å². The number of ether oxygens (including phenoxy) is 1. The third-order valence-corrected chi connectivity index (χ3v) is 3.38. The molecular weight excluding hydrogens is 264 g/mol. The summed E-state index contributed by atoms with van der Waals surface area (Å²) >= 11 is 0. The van der Waals surface area contributed by atoms with Gasteiger partial charge in [-0.1, -0.05) is 30.3 Å². The molecule has 2 rings (SSSR count). The van der Waals surface area contributed by atoms with Gasteiger partial charge < -0.3 is 15.4 Å². The van der Waals surface area contributed by atoms with Crippen LogP contribution in [0.4, 0.5) is 0 Å². The van der Waals surface area contributed by atoms with Crippen molar-refractivity contribution in [1.29, 1.82) is 0 Å². The topological polar surface area (TPSA) is 55.6 Å². The highest BCUT2D eigenvalue weighted by Crippen LogP contribution is 2.19. The number of para-hydroxylation sites is 1. The molecule has 2 aromatic carbocycles. The number of nitrogens with zero attached hydrogens (tertiary/aromatic N) is 1. The first-order chi connectivity index (χ1) is 10.2. The molecule has 0 aliphatic rings. The van der Waals surface area contributed by atoms with Crippen LogP contribution >= 0.6 is 0 Å². The van der Waals surface area contributed by atoms with E-state index in [9.17, 15) is 4.79 Å². The summed E-state index contributed by atoms with van der Waals surface area (Å²) in [5, 5.41) is 0. The zero-order valence-corrected chi connectivity index (χ0v) is 12.4. The van der Waals surface area contributed by atoms with Gasteiger partial charge >= 0.3 is 0 Å². The van der Waals surface area contributed by atoms with Crippen molar-refractivity contribution in [3.8, 4) is 5.75 Å². The lowest BCUT2D eigenvalue weighted by atomic mass is 10.1. The molecule has 0 radical (unpaired) electrons. The maximum Gasteiger partial charge on any atom is 0.253 e. The summed E-state index contributed by atoms with van der Waals surface area (Å²) in [5.41, 5.74) is 8.21. The Morgan fingerprint density at radius 1 is 1.14 bits per heavy atom. The average molecular weight is 284 g/mol. The van der Waals surface area contributed by atoms with E-state index in [2.05, 4.69) is 0 Å². The van der Waals surface area contributed by atoms with Crippen molar-refractivity contribution < 1.29 is 9.53 Å². The molecule has 0 aromatic heterocycles. The quantitative estimate of drug-likeness (QED) is 0.917. The number of benzene rings is 2. The normalized spacial score (nSPS) is 10.2. The van der Waals surface area contributed by atoms with Gasteiger partial charge in [-0.25, -0.2) is 0 Å². The van der Waals surface area contributed by atoms with E-state index in [1.165, 1.54) is 0 Å². The molecule has 21 heavy (non-hydrogen) atoms. The van der Waals surface area contributed by atoms with E-state index in [4.69, 9.17) is 10.5 Å². The van der Waals surface area contributed by atoms with Gasteiger partial charge in [-0.3, -0.25) is 4.79 Å². The highest BCUT2D eigenvalue weighted by molar-refractivity contribution is 5.94. The largest absolute Gasteiger partial charge is 0.496 e. The molecule has 0 saturated heterocycles. The highest BCUT2D eigenvalue weighted by Gasteiger charge is 2.13. The molecule has 0 saturated carbocycles. The first-order valence-corrected chi connectivity index (χ1v) is 6.82. The second-order valence-electron chi connectivity index (χ2n) is 4.87. The molecule has 0 unspecified atom stereocenters. The van der Waals surface area contributed by atoms with Gasteiger partial charge in [-0.15, -0.1) is 0 Å². The third kappa shape index (κ3) is 3.61. The van der Waals surface area contributed by atoms with Gasteiger partial charge in [0.05, 0.1) is 7.11 Å². The zero-order chi connectivity index (χ0) is 15.2. The number of hydrogen-bond donors (Lipinski definition) is 1. The molecule has 4 heteroatoms. The number of nitrogens with two attached hydrogens (primary N) is 1. The number of carbonyl (C=O) groups excluding carboxylic acids is 1. The summed E-state index contributed by atoms with van der Waals surface area (Å²) in [7, 11) is 3.41. The fourth-order valence-electron chi connectivity index (χ4n) is 2.16. The Morgan fingerprint density at radius 3 is 2.43 bits per heavy atom. The van der Waals surface area contributed by atoms with Crippen molar-refractivity contribution >= 4 is 5.91 Å². The Kier molecular flexibility index (Phi) is 4.95. The maximum atomic E-state index is 12.4. The van der Waals surface area contributed by atoms with E-state index in [0.717, 1.165) is 16.9 Å². The number of hydrogen-bond acceptors (Lipinski definition) is 3. The fourth-order valence-corrected chi connectivity index (χ4v) is 2.16.